The normalized spacial score (nSPS) is 19.7. The van der Waals surface area contributed by atoms with Crippen molar-refractivity contribution in [3.63, 3.8) is 0 Å². The molecule has 1 aromatic heterocycles. The number of likely N-dealkylation sites (tertiary alicyclic amines) is 1. The number of hydrogen-bond donors (Lipinski definition) is 1. The van der Waals surface area contributed by atoms with Crippen molar-refractivity contribution >= 4 is 17.0 Å². The van der Waals surface area contributed by atoms with Crippen LogP contribution in [0.2, 0.25) is 0 Å². The summed E-state index contributed by atoms with van der Waals surface area (Å²) in [6, 6.07) is 15.2. The molecule has 1 aliphatic rings. The Bertz CT molecular complexity index is 1090. The summed E-state index contributed by atoms with van der Waals surface area (Å²) in [6.07, 6.45) is 0.599. The first-order valence-electron chi connectivity index (χ1n) is 9.69. The van der Waals surface area contributed by atoms with Crippen molar-refractivity contribution in [2.45, 2.75) is 18.6 Å². The van der Waals surface area contributed by atoms with Gasteiger partial charge in [0.1, 0.15) is 0 Å². The second-order valence-electron chi connectivity index (χ2n) is 7.91. The Labute approximate surface area is 168 Å². The van der Waals surface area contributed by atoms with Crippen molar-refractivity contribution < 1.29 is 14.3 Å². The largest absolute Gasteiger partial charge is 0.419 e. The predicted molar refractivity (Wildman–Crippen MR) is 110 cm³/mol. The van der Waals surface area contributed by atoms with Gasteiger partial charge in [-0.1, -0.05) is 36.4 Å². The topological polar surface area (TPSA) is 78.9 Å². The summed E-state index contributed by atoms with van der Waals surface area (Å²) >= 11 is 0. The number of hydrogen-bond acceptors (Lipinski definition) is 5. The number of amides is 1. The highest BCUT2D eigenvalue weighted by atomic mass is 16.4. The Balaban J connectivity index is 1.46. The molecule has 7 heteroatoms. The van der Waals surface area contributed by atoms with Gasteiger partial charge in [-0.3, -0.25) is 14.3 Å². The lowest BCUT2D eigenvalue weighted by Crippen LogP contribution is -2.45. The van der Waals surface area contributed by atoms with Crippen LogP contribution in [0.15, 0.2) is 57.7 Å². The molecule has 4 rings (SSSR count). The monoisotopic (exact) mass is 395 g/mol. The molecule has 1 N–H and O–H groups in total. The quantitative estimate of drug-likeness (QED) is 0.713. The number of β-amino-alcohol motifs (C(OH)–C–C–N with tert-alkyl or cyclic N) is 1. The number of carbonyl (C=O) groups is 1. The maximum atomic E-state index is 13.0. The zero-order valence-corrected chi connectivity index (χ0v) is 16.7. The summed E-state index contributed by atoms with van der Waals surface area (Å²) in [5.41, 5.74) is 1.41. The zero-order valence-electron chi connectivity index (χ0n) is 16.7. The number of aliphatic hydroxyl groups is 1. The van der Waals surface area contributed by atoms with Gasteiger partial charge >= 0.3 is 5.76 Å². The highest BCUT2D eigenvalue weighted by Crippen LogP contribution is 2.25. The van der Waals surface area contributed by atoms with Gasteiger partial charge in [-0.15, -0.1) is 0 Å². The van der Waals surface area contributed by atoms with Gasteiger partial charge in [0.25, 0.3) is 5.91 Å². The van der Waals surface area contributed by atoms with Gasteiger partial charge in [-0.25, -0.2) is 4.79 Å². The van der Waals surface area contributed by atoms with Crippen LogP contribution in [0.1, 0.15) is 22.3 Å². The minimum Gasteiger partial charge on any atom is -0.407 e. The lowest BCUT2D eigenvalue weighted by atomic mass is 10.0. The smallest absolute Gasteiger partial charge is 0.407 e. The molecule has 0 saturated carbocycles. The number of aryl methyl sites for hydroxylation is 1. The van der Waals surface area contributed by atoms with E-state index in [0.29, 0.717) is 24.0 Å². The van der Waals surface area contributed by atoms with E-state index < -0.39 is 11.4 Å². The number of nitrogens with zero attached hydrogens (tertiary/aromatic N) is 3. The van der Waals surface area contributed by atoms with Crippen molar-refractivity contribution in [3.05, 3.63) is 70.2 Å². The fraction of sp³-hybridized carbons (Fsp3) is 0.364. The third-order valence-corrected chi connectivity index (χ3v) is 5.59. The van der Waals surface area contributed by atoms with Crippen LogP contribution in [-0.4, -0.2) is 57.7 Å². The molecule has 0 spiro atoms. The first-order chi connectivity index (χ1) is 13.9. The Kier molecular flexibility index (Phi) is 5.02. The van der Waals surface area contributed by atoms with Gasteiger partial charge in [-0.05, 0) is 24.1 Å². The van der Waals surface area contributed by atoms with Gasteiger partial charge in [0.15, 0.2) is 5.58 Å². The van der Waals surface area contributed by atoms with Gasteiger partial charge in [0, 0.05) is 33.7 Å². The molecule has 0 bridgehead atoms. The molecule has 2 aromatic carbocycles. The van der Waals surface area contributed by atoms with Gasteiger partial charge in [0.2, 0.25) is 0 Å². The van der Waals surface area contributed by atoms with E-state index in [1.807, 2.05) is 18.2 Å². The van der Waals surface area contributed by atoms with E-state index in [9.17, 15) is 14.7 Å². The van der Waals surface area contributed by atoms with Gasteiger partial charge in [0.05, 0.1) is 23.2 Å². The standard InChI is InChI=1S/C22H25N3O4/c1-23(20(26)17-9-6-10-18-19(17)29-21(27)24(18)2)14-22(28)11-12-25(15-22)13-16-7-4-3-5-8-16/h3-10,28H,11-15H2,1-2H3. The molecule has 1 unspecified atom stereocenters. The Morgan fingerprint density at radius 1 is 1.21 bits per heavy atom. The number of likely N-dealkylation sites (N-methyl/N-ethyl adjacent to an activating group) is 1. The molecule has 29 heavy (non-hydrogen) atoms. The average Bonchev–Trinajstić information content (AvgIpc) is 3.21. The minimum atomic E-state index is -0.968. The predicted octanol–water partition coefficient (Wildman–Crippen LogP) is 1.84. The number of benzene rings is 2. The fourth-order valence-electron chi connectivity index (χ4n) is 4.08. The van der Waals surface area contributed by atoms with E-state index in [-0.39, 0.29) is 18.0 Å². The van der Waals surface area contributed by atoms with Crippen LogP contribution in [0.4, 0.5) is 0 Å². The van der Waals surface area contributed by atoms with Gasteiger partial charge in [-0.2, -0.15) is 0 Å². The summed E-state index contributed by atoms with van der Waals surface area (Å²) in [5.74, 6) is -0.784. The lowest BCUT2D eigenvalue weighted by molar-refractivity contribution is 0.0170. The summed E-state index contributed by atoms with van der Waals surface area (Å²) in [5, 5.41) is 11.1. The van der Waals surface area contributed by atoms with Crippen LogP contribution < -0.4 is 5.76 Å². The number of fused-ring (bicyclic) bond motifs is 1. The Morgan fingerprint density at radius 3 is 2.72 bits per heavy atom. The maximum Gasteiger partial charge on any atom is 0.419 e. The zero-order chi connectivity index (χ0) is 20.6. The summed E-state index contributed by atoms with van der Waals surface area (Å²) < 4.78 is 6.64. The van der Waals surface area contributed by atoms with Crippen molar-refractivity contribution in [2.24, 2.45) is 7.05 Å². The summed E-state index contributed by atoms with van der Waals surface area (Å²) in [6.45, 7) is 2.26. The van der Waals surface area contributed by atoms with Crippen LogP contribution >= 0.6 is 0 Å². The number of aromatic nitrogens is 1. The van der Waals surface area contributed by atoms with Crippen LogP contribution in [0.3, 0.4) is 0 Å². The number of carbonyl (C=O) groups excluding carboxylic acids is 1. The SMILES string of the molecule is CN(CC1(O)CCN(Cc2ccccc2)C1)C(=O)c1cccc2c1oc(=O)n2C. The first-order valence-corrected chi connectivity index (χ1v) is 9.69. The second-order valence-corrected chi connectivity index (χ2v) is 7.91. The van der Waals surface area contributed by atoms with Crippen LogP contribution in [0.25, 0.3) is 11.1 Å². The molecule has 1 fully saturated rings. The Morgan fingerprint density at radius 2 is 1.97 bits per heavy atom. The third-order valence-electron chi connectivity index (χ3n) is 5.59. The second kappa shape index (κ2) is 7.50. The molecule has 1 aliphatic heterocycles. The molecule has 0 radical (unpaired) electrons. The van der Waals surface area contributed by atoms with Crippen LogP contribution in [0, 0.1) is 0 Å². The van der Waals surface area contributed by atoms with Crippen LogP contribution in [-0.2, 0) is 13.6 Å². The van der Waals surface area contributed by atoms with Crippen LogP contribution in [0.5, 0.6) is 0 Å². The minimum absolute atomic E-state index is 0.213. The van der Waals surface area contributed by atoms with Crippen molar-refractivity contribution in [1.29, 1.82) is 0 Å². The molecule has 2 heterocycles. The molecule has 1 amide bonds. The van der Waals surface area contributed by atoms with Crippen molar-refractivity contribution in [2.75, 3.05) is 26.7 Å². The number of rotatable bonds is 5. The molecular formula is C22H25N3O4. The molecule has 0 aliphatic carbocycles. The third kappa shape index (κ3) is 3.83. The molecule has 7 nitrogen and oxygen atoms in total. The van der Waals surface area contributed by atoms with E-state index in [1.165, 1.54) is 15.0 Å². The summed E-state index contributed by atoms with van der Waals surface area (Å²) in [7, 11) is 3.27. The molecule has 1 atom stereocenters. The lowest BCUT2D eigenvalue weighted by Gasteiger charge is -2.29. The highest BCUT2D eigenvalue weighted by molar-refractivity contribution is 6.04. The van der Waals surface area contributed by atoms with E-state index >= 15 is 0 Å². The average molecular weight is 395 g/mol. The molecule has 152 valence electrons. The van der Waals surface area contributed by atoms with E-state index in [2.05, 4.69) is 17.0 Å². The fourth-order valence-corrected chi connectivity index (χ4v) is 4.08. The van der Waals surface area contributed by atoms with E-state index in [0.717, 1.165) is 13.1 Å². The Hall–Kier alpha value is -2.90. The van der Waals surface area contributed by atoms with E-state index in [4.69, 9.17) is 4.42 Å². The molecule has 3 aromatic rings. The highest BCUT2D eigenvalue weighted by Gasteiger charge is 2.38. The molecular weight excluding hydrogens is 370 g/mol. The number of oxazole rings is 1. The maximum absolute atomic E-state index is 13.0. The van der Waals surface area contributed by atoms with Crippen molar-refractivity contribution in [3.8, 4) is 0 Å². The van der Waals surface area contributed by atoms with E-state index in [1.54, 1.807) is 32.3 Å². The summed E-state index contributed by atoms with van der Waals surface area (Å²) in [4.78, 5) is 28.5. The number of para-hydroxylation sites is 1. The first kappa shape index (κ1) is 19.4. The van der Waals surface area contributed by atoms with Gasteiger partial charge < -0.3 is 14.4 Å². The molecule has 1 saturated heterocycles. The van der Waals surface area contributed by atoms with Crippen molar-refractivity contribution in [1.82, 2.24) is 14.4 Å².